The van der Waals surface area contributed by atoms with Crippen LogP contribution in [0.25, 0.3) is 21.8 Å². The third-order valence-electron chi connectivity index (χ3n) is 5.20. The lowest BCUT2D eigenvalue weighted by Crippen LogP contribution is -2.21. The SMILES string of the molecule is C=N/C=C\C=C(/C)c1nn(-c2ccc(C(=O)N(C)C)cc2)c2c1CCc1nc(N)sc1-2. The molecule has 3 aromatic rings. The van der Waals surface area contributed by atoms with Gasteiger partial charge in [0.2, 0.25) is 0 Å². The molecule has 0 spiro atoms. The van der Waals surface area contributed by atoms with E-state index in [4.69, 9.17) is 10.8 Å². The van der Waals surface area contributed by atoms with Gasteiger partial charge in [0.15, 0.2) is 5.13 Å². The standard InChI is InChI=1S/C23H24N6OS/c1-14(6-5-13-25-2)19-17-11-12-18-21(31-23(24)26-18)20(17)29(27-19)16-9-7-15(8-10-16)22(30)28(3)4/h5-10,13H,2,11-12H2,1,3-4H3,(H2,24,26)/b13-5-,14-6+. The molecule has 0 radical (unpaired) electrons. The zero-order valence-corrected chi connectivity index (χ0v) is 18.6. The number of aliphatic imine (C=N–C) groups is 1. The molecule has 0 saturated carbocycles. The zero-order chi connectivity index (χ0) is 22.1. The van der Waals surface area contributed by atoms with Crippen LogP contribution in [0.5, 0.6) is 0 Å². The Labute approximate surface area is 185 Å². The number of nitrogens with two attached hydrogens (primary N) is 1. The summed E-state index contributed by atoms with van der Waals surface area (Å²) in [6.45, 7) is 5.51. The summed E-state index contributed by atoms with van der Waals surface area (Å²) < 4.78 is 1.94. The van der Waals surface area contributed by atoms with Crippen molar-refractivity contribution >= 4 is 34.7 Å². The van der Waals surface area contributed by atoms with Crippen LogP contribution in [0.15, 0.2) is 47.6 Å². The van der Waals surface area contributed by atoms with Gasteiger partial charge in [-0.3, -0.25) is 9.79 Å². The van der Waals surface area contributed by atoms with Crippen molar-refractivity contribution in [1.82, 2.24) is 19.7 Å². The Morgan fingerprint density at radius 2 is 2.03 bits per heavy atom. The lowest BCUT2D eigenvalue weighted by Gasteiger charge is -2.15. The minimum absolute atomic E-state index is 0.0337. The molecule has 7 nitrogen and oxygen atoms in total. The van der Waals surface area contributed by atoms with Gasteiger partial charge in [0.1, 0.15) is 0 Å². The molecule has 0 unspecified atom stereocenters. The highest BCUT2D eigenvalue weighted by Crippen LogP contribution is 2.42. The molecular formula is C23H24N6OS. The van der Waals surface area contributed by atoms with Gasteiger partial charge < -0.3 is 10.6 Å². The summed E-state index contributed by atoms with van der Waals surface area (Å²) >= 11 is 1.49. The molecule has 2 N–H and O–H groups in total. The fraction of sp³-hybridized carbons (Fsp3) is 0.217. The fourth-order valence-corrected chi connectivity index (χ4v) is 4.66. The van der Waals surface area contributed by atoms with Crippen LogP contribution in [-0.2, 0) is 12.8 Å². The summed E-state index contributed by atoms with van der Waals surface area (Å²) in [5.74, 6) is -0.0337. The molecular weight excluding hydrogens is 408 g/mol. The van der Waals surface area contributed by atoms with E-state index in [2.05, 4.69) is 16.7 Å². The van der Waals surface area contributed by atoms with Crippen molar-refractivity contribution in [2.45, 2.75) is 19.8 Å². The lowest BCUT2D eigenvalue weighted by atomic mass is 9.95. The van der Waals surface area contributed by atoms with E-state index in [1.807, 2.05) is 48.0 Å². The van der Waals surface area contributed by atoms with Gasteiger partial charge >= 0.3 is 0 Å². The summed E-state index contributed by atoms with van der Waals surface area (Å²) in [6.07, 6.45) is 7.16. The number of amides is 1. The Bertz CT molecular complexity index is 1210. The number of fused-ring (bicyclic) bond motifs is 3. The van der Waals surface area contributed by atoms with Crippen molar-refractivity contribution in [3.63, 3.8) is 0 Å². The largest absolute Gasteiger partial charge is 0.375 e. The lowest BCUT2D eigenvalue weighted by molar-refractivity contribution is 0.0827. The van der Waals surface area contributed by atoms with Crippen molar-refractivity contribution in [2.24, 2.45) is 4.99 Å². The molecule has 0 bridgehead atoms. The monoisotopic (exact) mass is 432 g/mol. The maximum Gasteiger partial charge on any atom is 0.253 e. The third kappa shape index (κ3) is 3.82. The molecule has 1 amide bonds. The van der Waals surface area contributed by atoms with Gasteiger partial charge in [-0.05, 0) is 62.4 Å². The first-order chi connectivity index (χ1) is 14.9. The third-order valence-corrected chi connectivity index (χ3v) is 6.13. The van der Waals surface area contributed by atoms with Crippen molar-refractivity contribution in [3.8, 4) is 16.3 Å². The molecule has 158 valence electrons. The normalized spacial score (nSPS) is 13.2. The minimum Gasteiger partial charge on any atom is -0.375 e. The second-order valence-electron chi connectivity index (χ2n) is 7.54. The molecule has 0 fully saturated rings. The molecule has 0 aliphatic heterocycles. The number of aryl methyl sites for hydroxylation is 1. The van der Waals surface area contributed by atoms with E-state index in [1.165, 1.54) is 16.9 Å². The first-order valence-electron chi connectivity index (χ1n) is 9.90. The first-order valence-corrected chi connectivity index (χ1v) is 10.7. The maximum absolute atomic E-state index is 12.3. The highest BCUT2D eigenvalue weighted by atomic mass is 32.1. The van der Waals surface area contributed by atoms with E-state index in [9.17, 15) is 4.79 Å². The molecule has 1 aliphatic rings. The molecule has 1 aliphatic carbocycles. The van der Waals surface area contributed by atoms with Gasteiger partial charge in [0.25, 0.3) is 5.91 Å². The number of benzene rings is 1. The van der Waals surface area contributed by atoms with Gasteiger partial charge in [-0.15, -0.1) is 0 Å². The number of carbonyl (C=O) groups is 1. The quantitative estimate of drug-likeness (QED) is 0.487. The smallest absolute Gasteiger partial charge is 0.253 e. The number of hydrogen-bond donors (Lipinski definition) is 1. The molecule has 2 heterocycles. The highest BCUT2D eigenvalue weighted by Gasteiger charge is 2.29. The number of nitrogens with zero attached hydrogens (tertiary/aromatic N) is 5. The number of thiazole rings is 1. The molecule has 31 heavy (non-hydrogen) atoms. The van der Waals surface area contributed by atoms with Gasteiger partial charge in [-0.25, -0.2) is 9.67 Å². The highest BCUT2D eigenvalue weighted by molar-refractivity contribution is 7.18. The Morgan fingerprint density at radius 3 is 2.71 bits per heavy atom. The van der Waals surface area contributed by atoms with E-state index in [0.29, 0.717) is 10.7 Å². The number of anilines is 1. The second kappa shape index (κ2) is 8.31. The van der Waals surface area contributed by atoms with Crippen molar-refractivity contribution in [3.05, 3.63) is 65.1 Å². The van der Waals surface area contributed by atoms with Crippen LogP contribution in [0.4, 0.5) is 5.13 Å². The molecule has 4 rings (SSSR count). The first kappa shape index (κ1) is 20.7. The predicted octanol–water partition coefficient (Wildman–Crippen LogP) is 4.00. The summed E-state index contributed by atoms with van der Waals surface area (Å²) in [6, 6.07) is 7.51. The molecule has 0 saturated heterocycles. The Balaban J connectivity index is 1.87. The zero-order valence-electron chi connectivity index (χ0n) is 17.8. The topological polar surface area (TPSA) is 89.4 Å². The summed E-state index contributed by atoms with van der Waals surface area (Å²) in [5.41, 5.74) is 12.7. The summed E-state index contributed by atoms with van der Waals surface area (Å²) in [4.78, 5) is 23.2. The van der Waals surface area contributed by atoms with Crippen LogP contribution in [0.1, 0.15) is 34.2 Å². The predicted molar refractivity (Wildman–Crippen MR) is 127 cm³/mol. The average Bonchev–Trinajstić information content (AvgIpc) is 3.33. The molecule has 8 heteroatoms. The number of allylic oxidation sites excluding steroid dienone is 3. The molecule has 1 aromatic carbocycles. The second-order valence-corrected chi connectivity index (χ2v) is 8.57. The van der Waals surface area contributed by atoms with Gasteiger partial charge in [0.05, 0.1) is 27.6 Å². The van der Waals surface area contributed by atoms with Crippen LogP contribution < -0.4 is 5.73 Å². The number of aromatic nitrogens is 3. The molecule has 0 atom stereocenters. The number of carbonyl (C=O) groups excluding carboxylic acids is 1. The van der Waals surface area contributed by atoms with Gasteiger partial charge in [-0.1, -0.05) is 17.4 Å². The van der Waals surface area contributed by atoms with E-state index < -0.39 is 0 Å². The van der Waals surface area contributed by atoms with E-state index >= 15 is 0 Å². The van der Waals surface area contributed by atoms with Crippen molar-refractivity contribution in [2.75, 3.05) is 19.8 Å². The van der Waals surface area contributed by atoms with Crippen molar-refractivity contribution < 1.29 is 4.79 Å². The Hall–Kier alpha value is -3.52. The van der Waals surface area contributed by atoms with Gasteiger partial charge in [0, 0.05) is 31.4 Å². The molecule has 2 aromatic heterocycles. The number of rotatable bonds is 5. The van der Waals surface area contributed by atoms with Crippen LogP contribution >= 0.6 is 11.3 Å². The maximum atomic E-state index is 12.3. The Kier molecular flexibility index (Phi) is 5.56. The van der Waals surface area contributed by atoms with Gasteiger partial charge in [-0.2, -0.15) is 5.10 Å². The number of hydrogen-bond acceptors (Lipinski definition) is 6. The van der Waals surface area contributed by atoms with Crippen molar-refractivity contribution in [1.29, 1.82) is 0 Å². The Morgan fingerprint density at radius 1 is 1.29 bits per heavy atom. The van der Waals surface area contributed by atoms with Crippen LogP contribution in [0.2, 0.25) is 0 Å². The van der Waals surface area contributed by atoms with Crippen LogP contribution in [0, 0.1) is 0 Å². The summed E-state index contributed by atoms with van der Waals surface area (Å²) in [5, 5.41) is 5.53. The van der Waals surface area contributed by atoms with E-state index in [1.54, 1.807) is 25.2 Å². The van der Waals surface area contributed by atoms with E-state index in [0.717, 1.165) is 46.1 Å². The fourth-order valence-electron chi connectivity index (χ4n) is 3.72. The number of nitrogen functional groups attached to an aromatic ring is 1. The average molecular weight is 433 g/mol. The van der Waals surface area contributed by atoms with Crippen LogP contribution in [-0.4, -0.2) is 46.4 Å². The van der Waals surface area contributed by atoms with Crippen LogP contribution in [0.3, 0.4) is 0 Å². The summed E-state index contributed by atoms with van der Waals surface area (Å²) in [7, 11) is 3.49. The van der Waals surface area contributed by atoms with E-state index in [-0.39, 0.29) is 5.91 Å². The minimum atomic E-state index is -0.0337.